The van der Waals surface area contributed by atoms with Gasteiger partial charge in [-0.1, -0.05) is 23.7 Å². The summed E-state index contributed by atoms with van der Waals surface area (Å²) in [6.07, 6.45) is 1.70. The summed E-state index contributed by atoms with van der Waals surface area (Å²) in [6.45, 7) is 1.78. The summed E-state index contributed by atoms with van der Waals surface area (Å²) in [4.78, 5) is 30.9. The maximum absolute atomic E-state index is 12.0. The number of fused-ring (bicyclic) bond motifs is 1. The second kappa shape index (κ2) is 5.98. The molecule has 7 heteroatoms. The lowest BCUT2D eigenvalue weighted by Crippen LogP contribution is -2.09. The van der Waals surface area contributed by atoms with Gasteiger partial charge < -0.3 is 10.1 Å². The van der Waals surface area contributed by atoms with Crippen molar-refractivity contribution >= 4 is 50.8 Å². The molecule has 0 radical (unpaired) electrons. The van der Waals surface area contributed by atoms with Crippen LogP contribution in [-0.4, -0.2) is 21.0 Å². The number of nitrogens with zero attached hydrogens (tertiary/aromatic N) is 1. The van der Waals surface area contributed by atoms with Gasteiger partial charge in [-0.25, -0.2) is 9.78 Å². The number of rotatable bonds is 3. The van der Waals surface area contributed by atoms with Crippen molar-refractivity contribution in [3.63, 3.8) is 0 Å². The lowest BCUT2D eigenvalue weighted by Gasteiger charge is -2.05. The summed E-state index contributed by atoms with van der Waals surface area (Å²) in [6, 6.07) is 6.49. The van der Waals surface area contributed by atoms with Crippen molar-refractivity contribution in [2.75, 3.05) is 0 Å². The van der Waals surface area contributed by atoms with E-state index in [0.717, 1.165) is 0 Å². The molecule has 0 fully saturated rings. The number of carbonyl (C=O) groups is 1. The fraction of sp³-hybridized carbons (Fsp3) is 0.0625. The molecule has 23 heavy (non-hydrogen) atoms. The molecule has 2 N–H and O–H groups in total. The van der Waals surface area contributed by atoms with Gasteiger partial charge in [-0.15, -0.1) is 11.3 Å². The van der Waals surface area contributed by atoms with E-state index < -0.39 is 5.97 Å². The summed E-state index contributed by atoms with van der Waals surface area (Å²) in [7, 11) is 0. The van der Waals surface area contributed by atoms with Crippen molar-refractivity contribution in [3.05, 3.63) is 62.0 Å². The van der Waals surface area contributed by atoms with Crippen molar-refractivity contribution < 1.29 is 9.90 Å². The zero-order valence-corrected chi connectivity index (χ0v) is 13.5. The van der Waals surface area contributed by atoms with Crippen LogP contribution in [0, 0.1) is 0 Å². The van der Waals surface area contributed by atoms with E-state index >= 15 is 0 Å². The number of aromatic nitrogens is 2. The van der Waals surface area contributed by atoms with Crippen LogP contribution in [0.1, 0.15) is 28.7 Å². The predicted octanol–water partition coefficient (Wildman–Crippen LogP) is 3.90. The van der Waals surface area contributed by atoms with Gasteiger partial charge >= 0.3 is 5.97 Å². The molecule has 0 amide bonds. The Kier molecular flexibility index (Phi) is 4.02. The molecule has 2 aromatic heterocycles. The second-order valence-electron chi connectivity index (χ2n) is 4.90. The van der Waals surface area contributed by atoms with Gasteiger partial charge in [-0.2, -0.15) is 0 Å². The van der Waals surface area contributed by atoms with Crippen molar-refractivity contribution in [1.82, 2.24) is 9.97 Å². The van der Waals surface area contributed by atoms with Crippen LogP contribution in [0.25, 0.3) is 21.9 Å². The zero-order valence-electron chi connectivity index (χ0n) is 12.0. The van der Waals surface area contributed by atoms with Crippen molar-refractivity contribution in [2.24, 2.45) is 0 Å². The molecule has 1 aromatic carbocycles. The summed E-state index contributed by atoms with van der Waals surface area (Å²) >= 11 is 7.52. The molecule has 116 valence electrons. The van der Waals surface area contributed by atoms with Crippen LogP contribution in [-0.2, 0) is 0 Å². The van der Waals surface area contributed by atoms with Gasteiger partial charge in [-0.05, 0) is 41.6 Å². The normalized spacial score (nSPS) is 11.8. The Morgan fingerprint density at radius 3 is 2.91 bits per heavy atom. The van der Waals surface area contributed by atoms with E-state index in [1.165, 1.54) is 17.4 Å². The number of nitrogens with one attached hydrogen (secondary N) is 1. The van der Waals surface area contributed by atoms with E-state index in [4.69, 9.17) is 16.7 Å². The first-order valence-electron chi connectivity index (χ1n) is 6.65. The van der Waals surface area contributed by atoms with Gasteiger partial charge in [0.25, 0.3) is 5.56 Å². The topological polar surface area (TPSA) is 83.0 Å². The van der Waals surface area contributed by atoms with Gasteiger partial charge in [0, 0.05) is 0 Å². The van der Waals surface area contributed by atoms with Gasteiger partial charge in [0.05, 0.1) is 16.0 Å². The van der Waals surface area contributed by atoms with Crippen LogP contribution in [0.2, 0.25) is 5.02 Å². The number of H-pyrrole nitrogens is 1. The Bertz CT molecular complexity index is 1000. The number of aromatic carboxylic acids is 1. The highest BCUT2D eigenvalue weighted by atomic mass is 35.5. The molecular formula is C16H11ClN2O3S. The summed E-state index contributed by atoms with van der Waals surface area (Å²) < 4.78 is 0. The average molecular weight is 347 g/mol. The highest BCUT2D eigenvalue weighted by molar-refractivity contribution is 7.16. The molecule has 0 aliphatic heterocycles. The summed E-state index contributed by atoms with van der Waals surface area (Å²) in [5, 5.41) is 11.6. The number of benzene rings is 1. The largest absolute Gasteiger partial charge is 0.478 e. The van der Waals surface area contributed by atoms with Crippen LogP contribution in [0.4, 0.5) is 0 Å². The number of allylic oxidation sites excluding steroid dienone is 1. The van der Waals surface area contributed by atoms with Crippen LogP contribution < -0.4 is 5.56 Å². The minimum Gasteiger partial charge on any atom is -0.478 e. The summed E-state index contributed by atoms with van der Waals surface area (Å²) in [5.74, 6) is -0.656. The zero-order chi connectivity index (χ0) is 16.6. The Morgan fingerprint density at radius 1 is 1.39 bits per heavy atom. The monoisotopic (exact) mass is 346 g/mol. The molecule has 3 rings (SSSR count). The van der Waals surface area contributed by atoms with E-state index in [-0.39, 0.29) is 16.1 Å². The van der Waals surface area contributed by atoms with Gasteiger partial charge in [0.15, 0.2) is 0 Å². The highest BCUT2D eigenvalue weighted by Crippen LogP contribution is 2.25. The molecule has 0 spiro atoms. The molecule has 0 atom stereocenters. The molecule has 3 aromatic rings. The van der Waals surface area contributed by atoms with Crippen LogP contribution >= 0.6 is 22.9 Å². The number of carboxylic acids is 1. The van der Waals surface area contributed by atoms with E-state index in [9.17, 15) is 9.59 Å². The van der Waals surface area contributed by atoms with Crippen molar-refractivity contribution in [3.8, 4) is 0 Å². The average Bonchev–Trinajstić information content (AvgIpc) is 2.98. The Labute approximate surface area is 139 Å². The molecule has 0 saturated carbocycles. The van der Waals surface area contributed by atoms with Crippen LogP contribution in [0.5, 0.6) is 0 Å². The first-order chi connectivity index (χ1) is 11.0. The van der Waals surface area contributed by atoms with Crippen LogP contribution in [0.15, 0.2) is 34.4 Å². The third kappa shape index (κ3) is 2.91. The minimum atomic E-state index is -1.09. The molecule has 0 aliphatic rings. The van der Waals surface area contributed by atoms with Crippen LogP contribution in [0.3, 0.4) is 0 Å². The SMILES string of the molecule is CC(=Cc1cccc(C(=O)O)c1Cl)c1nc2sccc2c(=O)[nH]1. The number of halogens is 1. The van der Waals surface area contributed by atoms with E-state index in [0.29, 0.717) is 27.2 Å². The molecule has 0 aliphatic carbocycles. The Hall–Kier alpha value is -2.44. The maximum atomic E-state index is 12.0. The molecule has 5 nitrogen and oxygen atoms in total. The molecule has 0 bridgehead atoms. The number of hydrogen-bond donors (Lipinski definition) is 2. The minimum absolute atomic E-state index is 0.0309. The first kappa shape index (κ1) is 15.5. The first-order valence-corrected chi connectivity index (χ1v) is 7.91. The van der Waals surface area contributed by atoms with E-state index in [2.05, 4.69) is 9.97 Å². The number of carboxylic acid groups (broad SMARTS) is 1. The lowest BCUT2D eigenvalue weighted by atomic mass is 10.1. The second-order valence-corrected chi connectivity index (χ2v) is 6.17. The van der Waals surface area contributed by atoms with Crippen molar-refractivity contribution in [2.45, 2.75) is 6.92 Å². The third-order valence-electron chi connectivity index (χ3n) is 3.34. The maximum Gasteiger partial charge on any atom is 0.337 e. The molecule has 0 saturated heterocycles. The quantitative estimate of drug-likeness (QED) is 0.753. The number of hydrogen-bond acceptors (Lipinski definition) is 4. The van der Waals surface area contributed by atoms with Crippen molar-refractivity contribution in [1.29, 1.82) is 0 Å². The Balaban J connectivity index is 2.10. The fourth-order valence-electron chi connectivity index (χ4n) is 2.18. The van der Waals surface area contributed by atoms with Gasteiger partial charge in [0.1, 0.15) is 10.7 Å². The van der Waals surface area contributed by atoms with E-state index in [1.54, 1.807) is 31.2 Å². The number of aromatic amines is 1. The Morgan fingerprint density at radius 2 is 2.17 bits per heavy atom. The summed E-state index contributed by atoms with van der Waals surface area (Å²) in [5.41, 5.74) is 1.06. The van der Waals surface area contributed by atoms with Gasteiger partial charge in [0.2, 0.25) is 0 Å². The molecule has 2 heterocycles. The smallest absolute Gasteiger partial charge is 0.337 e. The predicted molar refractivity (Wildman–Crippen MR) is 92.2 cm³/mol. The van der Waals surface area contributed by atoms with E-state index in [1.807, 2.05) is 5.38 Å². The molecule has 0 unspecified atom stereocenters. The standard InChI is InChI=1S/C16H11ClN2O3S/c1-8(7-9-3-2-4-10(12(9)17)16(21)22)13-18-14(20)11-5-6-23-15(11)19-13/h2-7H,1H3,(H,21,22)(H,18,19,20). The highest BCUT2D eigenvalue weighted by Gasteiger charge is 2.12. The van der Waals surface area contributed by atoms with Gasteiger partial charge in [-0.3, -0.25) is 4.79 Å². The number of thiophene rings is 1. The lowest BCUT2D eigenvalue weighted by molar-refractivity contribution is 0.0697. The third-order valence-corrected chi connectivity index (χ3v) is 4.57. The molecular weight excluding hydrogens is 336 g/mol. The fourth-order valence-corrected chi connectivity index (χ4v) is 3.21.